The van der Waals surface area contributed by atoms with Gasteiger partial charge in [-0.05, 0) is 49.6 Å². The minimum Gasteiger partial charge on any atom is -0.420 e. The second-order valence-electron chi connectivity index (χ2n) is 7.94. The van der Waals surface area contributed by atoms with E-state index in [4.69, 9.17) is 16.2 Å². The van der Waals surface area contributed by atoms with Crippen LogP contribution in [0.25, 0.3) is 0 Å². The summed E-state index contributed by atoms with van der Waals surface area (Å²) in [7, 11) is 0. The molecule has 1 atom stereocenters. The molecule has 168 valence electrons. The van der Waals surface area contributed by atoms with E-state index in [2.05, 4.69) is 28.1 Å². The molecule has 6 nitrogen and oxygen atoms in total. The number of fused-ring (bicyclic) bond motifs is 1. The molecule has 0 saturated heterocycles. The Morgan fingerprint density at radius 1 is 1.28 bits per heavy atom. The molecule has 1 unspecified atom stereocenters. The number of aromatic nitrogens is 2. The number of rotatable bonds is 4. The fraction of sp³-hybridized carbons (Fsp3) is 0.391. The maximum absolute atomic E-state index is 13.8. The molecule has 0 amide bonds. The molecule has 0 saturated carbocycles. The maximum Gasteiger partial charge on any atom is 0.416 e. The first-order chi connectivity index (χ1) is 15.1. The molecule has 5 N–H and O–H groups in total. The summed E-state index contributed by atoms with van der Waals surface area (Å²) in [5.41, 5.74) is 10.9. The molecule has 0 fully saturated rings. The van der Waals surface area contributed by atoms with Crippen LogP contribution < -0.4 is 16.2 Å². The van der Waals surface area contributed by atoms with E-state index in [9.17, 15) is 18.4 Å². The van der Waals surface area contributed by atoms with Crippen molar-refractivity contribution >= 4 is 0 Å². The van der Waals surface area contributed by atoms with Crippen LogP contribution in [0.4, 0.5) is 13.2 Å². The molecule has 0 radical (unpaired) electrons. The van der Waals surface area contributed by atoms with Gasteiger partial charge in [0.1, 0.15) is 11.6 Å². The number of nitrogens with zero attached hydrogens (tertiary/aromatic N) is 2. The van der Waals surface area contributed by atoms with Crippen molar-refractivity contribution in [3.8, 4) is 23.8 Å². The number of nitriles is 1. The smallest absolute Gasteiger partial charge is 0.416 e. The van der Waals surface area contributed by atoms with Gasteiger partial charge < -0.3 is 16.2 Å². The summed E-state index contributed by atoms with van der Waals surface area (Å²) >= 11 is 0. The molecule has 2 heterocycles. The van der Waals surface area contributed by atoms with E-state index in [-0.39, 0.29) is 34.4 Å². The standard InChI is InChI=1S/C23H24F3N5O/c1-13(2)22(18(12-28)20(29)32-21-19(22)14(3)30-31-21)16-9-15(7-5-4-6-8-27)10-17(11-16)23(24,25)26/h9-11,13H,4,6,8,27,29H2,1-3H3,(H,30,31). The van der Waals surface area contributed by atoms with Crippen LogP contribution in [-0.2, 0) is 11.6 Å². The van der Waals surface area contributed by atoms with Crippen LogP contribution in [0.5, 0.6) is 5.88 Å². The monoisotopic (exact) mass is 443 g/mol. The zero-order valence-corrected chi connectivity index (χ0v) is 18.0. The number of halogens is 3. The summed E-state index contributed by atoms with van der Waals surface area (Å²) in [5.74, 6) is 5.27. The van der Waals surface area contributed by atoms with Gasteiger partial charge in [-0.3, -0.25) is 5.10 Å². The van der Waals surface area contributed by atoms with Gasteiger partial charge in [-0.1, -0.05) is 25.7 Å². The third-order valence-electron chi connectivity index (χ3n) is 5.59. The highest BCUT2D eigenvalue weighted by molar-refractivity contribution is 5.63. The number of nitrogens with one attached hydrogen (secondary N) is 1. The number of aromatic amines is 1. The van der Waals surface area contributed by atoms with Crippen LogP contribution >= 0.6 is 0 Å². The van der Waals surface area contributed by atoms with Gasteiger partial charge in [-0.2, -0.15) is 18.4 Å². The highest BCUT2D eigenvalue weighted by Gasteiger charge is 2.51. The van der Waals surface area contributed by atoms with Crippen molar-refractivity contribution in [2.24, 2.45) is 17.4 Å². The first-order valence-corrected chi connectivity index (χ1v) is 10.1. The largest absolute Gasteiger partial charge is 0.420 e. The lowest BCUT2D eigenvalue weighted by Crippen LogP contribution is -2.41. The van der Waals surface area contributed by atoms with Gasteiger partial charge >= 0.3 is 6.18 Å². The van der Waals surface area contributed by atoms with Crippen LogP contribution in [0.3, 0.4) is 0 Å². The first kappa shape index (κ1) is 23.2. The summed E-state index contributed by atoms with van der Waals surface area (Å²) in [4.78, 5) is 0. The second kappa shape index (κ2) is 8.60. The van der Waals surface area contributed by atoms with Crippen molar-refractivity contribution in [2.75, 3.05) is 6.54 Å². The normalized spacial score (nSPS) is 18.0. The summed E-state index contributed by atoms with van der Waals surface area (Å²) in [6.07, 6.45) is -3.50. The Labute approximate surface area is 184 Å². The van der Waals surface area contributed by atoms with E-state index in [0.29, 0.717) is 30.6 Å². The second-order valence-corrected chi connectivity index (χ2v) is 7.94. The van der Waals surface area contributed by atoms with Gasteiger partial charge in [0.15, 0.2) is 0 Å². The molecular weight excluding hydrogens is 419 g/mol. The Morgan fingerprint density at radius 3 is 2.59 bits per heavy atom. The van der Waals surface area contributed by atoms with Crippen LogP contribution in [-0.4, -0.2) is 16.7 Å². The molecule has 9 heteroatoms. The number of hydrogen-bond acceptors (Lipinski definition) is 5. The molecule has 1 aromatic heterocycles. The minimum atomic E-state index is -4.61. The number of hydrogen-bond donors (Lipinski definition) is 3. The maximum atomic E-state index is 13.8. The van der Waals surface area contributed by atoms with Crippen molar-refractivity contribution < 1.29 is 17.9 Å². The third kappa shape index (κ3) is 3.80. The van der Waals surface area contributed by atoms with E-state index >= 15 is 0 Å². The van der Waals surface area contributed by atoms with Gasteiger partial charge in [-0.15, -0.1) is 5.10 Å². The van der Waals surface area contributed by atoms with Crippen molar-refractivity contribution in [2.45, 2.75) is 45.2 Å². The number of unbranched alkanes of at least 4 members (excludes halogenated alkanes) is 1. The molecule has 1 aliphatic heterocycles. The fourth-order valence-corrected chi connectivity index (χ4v) is 4.21. The number of alkyl halides is 3. The highest BCUT2D eigenvalue weighted by Crippen LogP contribution is 2.53. The predicted octanol–water partition coefficient (Wildman–Crippen LogP) is 3.86. The quantitative estimate of drug-likeness (QED) is 0.491. The van der Waals surface area contributed by atoms with Gasteiger partial charge in [0.2, 0.25) is 11.8 Å². The van der Waals surface area contributed by atoms with Crippen molar-refractivity contribution in [3.63, 3.8) is 0 Å². The lowest BCUT2D eigenvalue weighted by Gasteiger charge is -2.41. The molecule has 0 aliphatic carbocycles. The Kier molecular flexibility index (Phi) is 6.25. The SMILES string of the molecule is Cc1[nH]nc2c1C(c1cc(C#CCCCN)cc(C(F)(F)F)c1)(C(C)C)C(C#N)=C(N)O2. The Hall–Kier alpha value is -3.43. The summed E-state index contributed by atoms with van der Waals surface area (Å²) in [6, 6.07) is 5.72. The molecular formula is C23H24F3N5O. The number of H-pyrrole nitrogens is 1. The number of aryl methyl sites for hydroxylation is 1. The zero-order valence-electron chi connectivity index (χ0n) is 18.0. The van der Waals surface area contributed by atoms with Crippen LogP contribution in [0.2, 0.25) is 0 Å². The topological polar surface area (TPSA) is 114 Å². The molecule has 32 heavy (non-hydrogen) atoms. The predicted molar refractivity (Wildman–Crippen MR) is 113 cm³/mol. The average Bonchev–Trinajstić information content (AvgIpc) is 3.09. The molecule has 3 rings (SSSR count). The number of benzene rings is 1. The van der Waals surface area contributed by atoms with Crippen LogP contribution in [0.15, 0.2) is 29.7 Å². The lowest BCUT2D eigenvalue weighted by molar-refractivity contribution is -0.137. The molecule has 1 aliphatic rings. The summed E-state index contributed by atoms with van der Waals surface area (Å²) in [6.45, 7) is 5.80. The zero-order chi connectivity index (χ0) is 23.7. The average molecular weight is 443 g/mol. The van der Waals surface area contributed by atoms with E-state index in [0.717, 1.165) is 12.1 Å². The van der Waals surface area contributed by atoms with Gasteiger partial charge in [0.25, 0.3) is 0 Å². The molecule has 2 aromatic rings. The minimum absolute atomic E-state index is 0.0332. The highest BCUT2D eigenvalue weighted by atomic mass is 19.4. The van der Waals surface area contributed by atoms with Crippen LogP contribution in [0.1, 0.15) is 54.6 Å². The van der Waals surface area contributed by atoms with Crippen molar-refractivity contribution in [3.05, 3.63) is 57.6 Å². The van der Waals surface area contributed by atoms with Crippen molar-refractivity contribution in [1.29, 1.82) is 5.26 Å². The number of nitrogens with two attached hydrogens (primary N) is 2. The summed E-state index contributed by atoms with van der Waals surface area (Å²) < 4.78 is 47.1. The molecule has 0 bridgehead atoms. The van der Waals surface area contributed by atoms with Crippen LogP contribution in [0, 0.1) is 36.0 Å². The van der Waals surface area contributed by atoms with E-state index in [1.807, 2.05) is 13.8 Å². The van der Waals surface area contributed by atoms with Gasteiger partial charge in [0.05, 0.1) is 16.5 Å². The summed E-state index contributed by atoms with van der Waals surface area (Å²) in [5, 5.41) is 16.9. The van der Waals surface area contributed by atoms with Gasteiger partial charge in [0, 0.05) is 17.7 Å². The first-order valence-electron chi connectivity index (χ1n) is 10.1. The lowest BCUT2D eigenvalue weighted by atomic mass is 9.61. The van der Waals surface area contributed by atoms with E-state index in [1.165, 1.54) is 0 Å². The Balaban J connectivity index is 2.39. The Morgan fingerprint density at radius 2 is 2.00 bits per heavy atom. The third-order valence-corrected chi connectivity index (χ3v) is 5.59. The van der Waals surface area contributed by atoms with E-state index in [1.54, 1.807) is 13.0 Å². The van der Waals surface area contributed by atoms with E-state index < -0.39 is 17.2 Å². The fourth-order valence-electron chi connectivity index (χ4n) is 4.21. The number of ether oxygens (including phenoxy) is 1. The molecule has 1 aromatic carbocycles. The molecule has 0 spiro atoms. The Bertz CT molecular complexity index is 1160. The van der Waals surface area contributed by atoms with Gasteiger partial charge in [-0.25, -0.2) is 0 Å². The van der Waals surface area contributed by atoms with Crippen molar-refractivity contribution in [1.82, 2.24) is 10.2 Å². The number of allylic oxidation sites excluding steroid dienone is 1.